The Morgan fingerprint density at radius 1 is 0.944 bits per heavy atom. The fourth-order valence-corrected chi connectivity index (χ4v) is 2.37. The van der Waals surface area contributed by atoms with E-state index in [-0.39, 0.29) is 0 Å². The third-order valence-electron chi connectivity index (χ3n) is 3.28. The highest BCUT2D eigenvalue weighted by Gasteiger charge is 2.08. The fraction of sp³-hybridized carbons (Fsp3) is 0.667. The van der Waals surface area contributed by atoms with Gasteiger partial charge in [0.2, 0.25) is 0 Å². The minimum atomic E-state index is 0.658. The molecular formula is C18H32. The van der Waals surface area contributed by atoms with Crippen LogP contribution in [0.5, 0.6) is 0 Å². The molecule has 0 spiro atoms. The van der Waals surface area contributed by atoms with Crippen LogP contribution in [0.1, 0.15) is 59.8 Å². The molecule has 0 heterocycles. The summed E-state index contributed by atoms with van der Waals surface area (Å²) in [6, 6.07) is 0. The summed E-state index contributed by atoms with van der Waals surface area (Å²) in [5, 5.41) is 0. The second-order valence-electron chi connectivity index (χ2n) is 6.07. The van der Waals surface area contributed by atoms with Crippen LogP contribution in [-0.4, -0.2) is 0 Å². The van der Waals surface area contributed by atoms with E-state index in [4.69, 9.17) is 0 Å². The van der Waals surface area contributed by atoms with E-state index >= 15 is 0 Å². The maximum absolute atomic E-state index is 3.84. The van der Waals surface area contributed by atoms with Gasteiger partial charge in [-0.05, 0) is 49.9 Å². The number of rotatable bonds is 10. The summed E-state index contributed by atoms with van der Waals surface area (Å²) in [5.74, 6) is 2.14. The molecule has 0 heteroatoms. The zero-order valence-corrected chi connectivity index (χ0v) is 12.9. The highest BCUT2D eigenvalue weighted by molar-refractivity contribution is 5.05. The Labute approximate surface area is 115 Å². The van der Waals surface area contributed by atoms with Crippen LogP contribution in [0, 0.1) is 17.8 Å². The molecule has 0 nitrogen and oxygen atoms in total. The Bertz CT molecular complexity index is 257. The predicted molar refractivity (Wildman–Crippen MR) is 84.7 cm³/mol. The first-order valence-corrected chi connectivity index (χ1v) is 7.40. The maximum Gasteiger partial charge on any atom is -0.0288 e. The molecule has 0 saturated carbocycles. The van der Waals surface area contributed by atoms with Gasteiger partial charge in [0.15, 0.2) is 0 Å². The molecule has 0 saturated heterocycles. The van der Waals surface area contributed by atoms with Crippen molar-refractivity contribution in [1.29, 1.82) is 0 Å². The van der Waals surface area contributed by atoms with Gasteiger partial charge in [-0.15, -0.1) is 13.2 Å². The van der Waals surface area contributed by atoms with Gasteiger partial charge in [0, 0.05) is 0 Å². The fourth-order valence-electron chi connectivity index (χ4n) is 2.37. The van der Waals surface area contributed by atoms with Crippen LogP contribution in [0.2, 0.25) is 0 Å². The van der Waals surface area contributed by atoms with E-state index in [2.05, 4.69) is 46.9 Å². The van der Waals surface area contributed by atoms with Gasteiger partial charge in [0.25, 0.3) is 0 Å². The first-order valence-electron chi connectivity index (χ1n) is 7.40. The molecule has 0 rings (SSSR count). The molecule has 104 valence electrons. The lowest BCUT2D eigenvalue weighted by atomic mass is 9.90. The lowest BCUT2D eigenvalue weighted by Crippen LogP contribution is -2.00. The molecule has 0 radical (unpaired) electrons. The van der Waals surface area contributed by atoms with E-state index in [1.807, 2.05) is 12.2 Å². The van der Waals surface area contributed by atoms with E-state index in [0.29, 0.717) is 5.92 Å². The molecular weight excluding hydrogens is 216 g/mol. The molecule has 0 aromatic rings. The first-order chi connectivity index (χ1) is 8.49. The lowest BCUT2D eigenvalue weighted by molar-refractivity contribution is 0.509. The molecule has 0 fully saturated rings. The zero-order valence-electron chi connectivity index (χ0n) is 12.9. The molecule has 18 heavy (non-hydrogen) atoms. The first kappa shape index (κ1) is 17.2. The van der Waals surface area contributed by atoms with E-state index in [9.17, 15) is 0 Å². The van der Waals surface area contributed by atoms with E-state index < -0.39 is 0 Å². The van der Waals surface area contributed by atoms with E-state index in [0.717, 1.165) is 24.7 Å². The van der Waals surface area contributed by atoms with Crippen LogP contribution >= 0.6 is 0 Å². The Balaban J connectivity index is 4.32. The molecule has 0 aromatic carbocycles. The average Bonchev–Trinajstić information content (AvgIpc) is 2.26. The van der Waals surface area contributed by atoms with Gasteiger partial charge in [-0.1, -0.05) is 51.5 Å². The van der Waals surface area contributed by atoms with Gasteiger partial charge >= 0.3 is 0 Å². The van der Waals surface area contributed by atoms with Crippen LogP contribution in [0.3, 0.4) is 0 Å². The molecule has 0 aromatic heterocycles. The second kappa shape index (κ2) is 10.2. The SMILES string of the molecule is C=CCC(C)CCC(=CC(C)C)CC(C)CC=C. The van der Waals surface area contributed by atoms with Gasteiger partial charge in [0.05, 0.1) is 0 Å². The van der Waals surface area contributed by atoms with Gasteiger partial charge in [-0.25, -0.2) is 0 Å². The van der Waals surface area contributed by atoms with Crippen molar-refractivity contribution in [2.24, 2.45) is 17.8 Å². The van der Waals surface area contributed by atoms with E-state index in [1.165, 1.54) is 19.3 Å². The molecule has 0 aliphatic heterocycles. The van der Waals surface area contributed by atoms with Crippen molar-refractivity contribution in [2.75, 3.05) is 0 Å². The van der Waals surface area contributed by atoms with Crippen LogP contribution in [0.4, 0.5) is 0 Å². The molecule has 0 amide bonds. The summed E-state index contributed by atoms with van der Waals surface area (Å²) in [7, 11) is 0. The molecule has 2 unspecified atom stereocenters. The minimum absolute atomic E-state index is 0.658. The van der Waals surface area contributed by atoms with Crippen LogP contribution < -0.4 is 0 Å². The highest BCUT2D eigenvalue weighted by Crippen LogP contribution is 2.23. The second-order valence-corrected chi connectivity index (χ2v) is 6.07. The quantitative estimate of drug-likeness (QED) is 0.406. The largest absolute Gasteiger partial charge is 0.103 e. The summed E-state index contributed by atoms with van der Waals surface area (Å²) in [6.45, 7) is 16.8. The smallest absolute Gasteiger partial charge is 0.0288 e. The Hall–Kier alpha value is -0.780. The lowest BCUT2D eigenvalue weighted by Gasteiger charge is -2.16. The molecule has 0 aliphatic carbocycles. The Morgan fingerprint density at radius 3 is 2.00 bits per heavy atom. The zero-order chi connectivity index (χ0) is 14.0. The summed E-state index contributed by atoms with van der Waals surface area (Å²) in [4.78, 5) is 0. The summed E-state index contributed by atoms with van der Waals surface area (Å²) in [6.07, 6.45) is 12.6. The third-order valence-corrected chi connectivity index (χ3v) is 3.28. The Morgan fingerprint density at radius 2 is 1.50 bits per heavy atom. The topological polar surface area (TPSA) is 0 Å². The van der Waals surface area contributed by atoms with Crippen molar-refractivity contribution in [1.82, 2.24) is 0 Å². The van der Waals surface area contributed by atoms with Gasteiger partial charge in [-0.2, -0.15) is 0 Å². The van der Waals surface area contributed by atoms with Crippen LogP contribution in [-0.2, 0) is 0 Å². The van der Waals surface area contributed by atoms with Crippen molar-refractivity contribution in [3.63, 3.8) is 0 Å². The van der Waals surface area contributed by atoms with Crippen molar-refractivity contribution in [3.8, 4) is 0 Å². The maximum atomic E-state index is 3.84. The van der Waals surface area contributed by atoms with Crippen molar-refractivity contribution < 1.29 is 0 Å². The van der Waals surface area contributed by atoms with Crippen molar-refractivity contribution >= 4 is 0 Å². The van der Waals surface area contributed by atoms with Crippen molar-refractivity contribution in [3.05, 3.63) is 37.0 Å². The monoisotopic (exact) mass is 248 g/mol. The summed E-state index contributed by atoms with van der Waals surface area (Å²) in [5.41, 5.74) is 1.63. The van der Waals surface area contributed by atoms with Crippen LogP contribution in [0.25, 0.3) is 0 Å². The molecule has 2 atom stereocenters. The van der Waals surface area contributed by atoms with Crippen LogP contribution in [0.15, 0.2) is 37.0 Å². The number of hydrogen-bond acceptors (Lipinski definition) is 0. The van der Waals surface area contributed by atoms with Gasteiger partial charge in [0.1, 0.15) is 0 Å². The minimum Gasteiger partial charge on any atom is -0.103 e. The Kier molecular flexibility index (Phi) is 9.73. The standard InChI is InChI=1S/C18H32/c1-7-9-16(5)11-12-18(13-15(3)4)14-17(6)10-8-2/h7-8,13,15-17H,1-2,9-12,14H2,3-6H3. The summed E-state index contributed by atoms with van der Waals surface area (Å²) < 4.78 is 0. The predicted octanol–water partition coefficient (Wildman–Crippen LogP) is 6.16. The molecule has 0 bridgehead atoms. The number of allylic oxidation sites excluding steroid dienone is 4. The van der Waals surface area contributed by atoms with Gasteiger partial charge in [-0.3, -0.25) is 0 Å². The molecule has 0 aliphatic rings. The summed E-state index contributed by atoms with van der Waals surface area (Å²) >= 11 is 0. The number of hydrogen-bond donors (Lipinski definition) is 0. The highest BCUT2D eigenvalue weighted by atomic mass is 14.1. The van der Waals surface area contributed by atoms with E-state index in [1.54, 1.807) is 5.57 Å². The van der Waals surface area contributed by atoms with Gasteiger partial charge < -0.3 is 0 Å². The third kappa shape index (κ3) is 9.27. The molecule has 0 N–H and O–H groups in total. The normalized spacial score (nSPS) is 15.5. The van der Waals surface area contributed by atoms with Crippen molar-refractivity contribution in [2.45, 2.75) is 59.8 Å². The average molecular weight is 248 g/mol.